The molecule has 0 aromatic heterocycles. The summed E-state index contributed by atoms with van der Waals surface area (Å²) in [7, 11) is 4.11. The molecule has 1 atom stereocenters. The molecule has 0 aliphatic heterocycles. The Labute approximate surface area is 233 Å². The zero-order chi connectivity index (χ0) is 27.5. The topological polar surface area (TPSA) is 99.5 Å². The van der Waals surface area contributed by atoms with Crippen molar-refractivity contribution in [3.8, 4) is 11.1 Å². The molecule has 3 aromatic rings. The maximum absolute atomic E-state index is 12.6. The molecule has 0 aliphatic carbocycles. The molecule has 0 radical (unpaired) electrons. The molecule has 0 bridgehead atoms. The number of non-ortho nitro benzene ring substituents is 1. The van der Waals surface area contributed by atoms with Crippen LogP contribution in [0.5, 0.6) is 0 Å². The molecule has 3 rings (SSSR count). The molecule has 0 saturated heterocycles. The Balaban J connectivity index is 1.66. The van der Waals surface area contributed by atoms with E-state index in [0.29, 0.717) is 22.3 Å². The van der Waals surface area contributed by atoms with Gasteiger partial charge in [0.05, 0.1) is 4.92 Å². The van der Waals surface area contributed by atoms with E-state index in [1.165, 1.54) is 6.07 Å². The molecule has 0 fully saturated rings. The van der Waals surface area contributed by atoms with Crippen molar-refractivity contribution >= 4 is 40.6 Å². The fraction of sp³-hybridized carbons (Fsp3) is 0.321. The van der Waals surface area contributed by atoms with E-state index >= 15 is 0 Å². The van der Waals surface area contributed by atoms with Crippen molar-refractivity contribution in [2.45, 2.75) is 18.8 Å². The second-order valence-corrected chi connectivity index (χ2v) is 10.2. The molecule has 202 valence electrons. The van der Waals surface area contributed by atoms with Gasteiger partial charge in [-0.2, -0.15) is 0 Å². The molecule has 10 heteroatoms. The minimum absolute atomic E-state index is 0.0565. The summed E-state index contributed by atoms with van der Waals surface area (Å²) >= 11 is 12.1. The number of rotatable bonds is 13. The van der Waals surface area contributed by atoms with Gasteiger partial charge in [0.1, 0.15) is 0 Å². The molecule has 8 nitrogen and oxygen atoms in total. The minimum atomic E-state index is -0.395. The van der Waals surface area contributed by atoms with Crippen LogP contribution in [-0.2, 0) is 0 Å². The second-order valence-electron chi connectivity index (χ2n) is 9.32. The summed E-state index contributed by atoms with van der Waals surface area (Å²) in [4.78, 5) is 25.5. The molecule has 0 saturated carbocycles. The number of carbonyl (C=O) groups excluding carboxylic acids is 1. The maximum atomic E-state index is 12.6. The molecular weight excluding hydrogens is 525 g/mol. The number of carbonyl (C=O) groups is 1. The van der Waals surface area contributed by atoms with Crippen molar-refractivity contribution in [2.75, 3.05) is 45.6 Å². The Hall–Kier alpha value is -3.17. The Kier molecular flexibility index (Phi) is 11.4. The summed E-state index contributed by atoms with van der Waals surface area (Å²) in [6, 6.07) is 19.1. The first-order chi connectivity index (χ1) is 18.2. The van der Waals surface area contributed by atoms with E-state index in [-0.39, 0.29) is 17.6 Å². The Morgan fingerprint density at radius 1 is 0.974 bits per heavy atom. The van der Waals surface area contributed by atoms with E-state index in [9.17, 15) is 14.9 Å². The van der Waals surface area contributed by atoms with Gasteiger partial charge in [-0.25, -0.2) is 4.79 Å². The highest BCUT2D eigenvalue weighted by Crippen LogP contribution is 2.27. The van der Waals surface area contributed by atoms with Gasteiger partial charge in [0.25, 0.3) is 5.69 Å². The van der Waals surface area contributed by atoms with E-state index < -0.39 is 4.92 Å². The van der Waals surface area contributed by atoms with E-state index in [4.69, 9.17) is 23.2 Å². The summed E-state index contributed by atoms with van der Waals surface area (Å²) in [5.74, 6) is 0.0595. The first-order valence-corrected chi connectivity index (χ1v) is 13.2. The Bertz CT molecular complexity index is 1200. The largest absolute Gasteiger partial charge is 0.337 e. The number of nitro benzene ring substituents is 1. The number of benzene rings is 3. The van der Waals surface area contributed by atoms with Gasteiger partial charge in [0.2, 0.25) is 0 Å². The molecule has 0 spiro atoms. The van der Waals surface area contributed by atoms with Crippen molar-refractivity contribution in [1.29, 1.82) is 0 Å². The molecule has 38 heavy (non-hydrogen) atoms. The highest BCUT2D eigenvalue weighted by atomic mass is 35.5. The molecular formula is C28H33Cl2N5O3. The monoisotopic (exact) mass is 557 g/mol. The smallest absolute Gasteiger partial charge is 0.319 e. The van der Waals surface area contributed by atoms with Gasteiger partial charge in [-0.1, -0.05) is 59.6 Å². The lowest BCUT2D eigenvalue weighted by Gasteiger charge is -2.20. The number of anilines is 1. The standard InChI is InChI=1S/C28H33Cl2N5O3/c1-34(2)14-4-12-31-13-11-23(19-32-28(36)33-26-17-24(29)16-25(30)18-26)21-9-7-20(8-10-21)22-5-3-6-27(15-22)35(37)38/h3,5-10,15-18,23,31H,4,11-14,19H2,1-2H3,(H2,32,33,36). The van der Waals surface area contributed by atoms with Gasteiger partial charge >= 0.3 is 6.03 Å². The van der Waals surface area contributed by atoms with Gasteiger partial charge in [-0.05, 0) is 81.5 Å². The van der Waals surface area contributed by atoms with Crippen LogP contribution in [0.15, 0.2) is 66.7 Å². The quantitative estimate of drug-likeness (QED) is 0.128. The van der Waals surface area contributed by atoms with Crippen LogP contribution < -0.4 is 16.0 Å². The Morgan fingerprint density at radius 2 is 1.68 bits per heavy atom. The lowest BCUT2D eigenvalue weighted by molar-refractivity contribution is -0.384. The van der Waals surface area contributed by atoms with Crippen LogP contribution in [0.4, 0.5) is 16.2 Å². The van der Waals surface area contributed by atoms with Gasteiger partial charge in [-0.15, -0.1) is 0 Å². The van der Waals surface area contributed by atoms with Crippen molar-refractivity contribution < 1.29 is 9.72 Å². The zero-order valence-corrected chi connectivity index (χ0v) is 23.1. The predicted molar refractivity (Wildman–Crippen MR) is 155 cm³/mol. The minimum Gasteiger partial charge on any atom is -0.337 e. The third kappa shape index (κ3) is 9.61. The number of hydrogen-bond donors (Lipinski definition) is 3. The predicted octanol–water partition coefficient (Wildman–Crippen LogP) is 6.41. The number of hydrogen-bond acceptors (Lipinski definition) is 5. The van der Waals surface area contributed by atoms with Crippen LogP contribution in [-0.4, -0.2) is 56.1 Å². The number of halogens is 2. The molecule has 0 aliphatic rings. The average molecular weight is 559 g/mol. The Morgan fingerprint density at radius 3 is 2.34 bits per heavy atom. The molecule has 3 N–H and O–H groups in total. The summed E-state index contributed by atoms with van der Waals surface area (Å²) in [5.41, 5.74) is 3.31. The highest BCUT2D eigenvalue weighted by Gasteiger charge is 2.15. The lowest BCUT2D eigenvalue weighted by Crippen LogP contribution is -2.33. The van der Waals surface area contributed by atoms with Crippen LogP contribution in [0, 0.1) is 10.1 Å². The molecule has 1 unspecified atom stereocenters. The van der Waals surface area contributed by atoms with Crippen LogP contribution in [0.25, 0.3) is 11.1 Å². The van der Waals surface area contributed by atoms with Crippen molar-refractivity contribution in [3.63, 3.8) is 0 Å². The van der Waals surface area contributed by atoms with E-state index in [0.717, 1.165) is 49.2 Å². The average Bonchev–Trinajstić information content (AvgIpc) is 2.87. The van der Waals surface area contributed by atoms with Gasteiger partial charge in [-0.3, -0.25) is 10.1 Å². The summed E-state index contributed by atoms with van der Waals surface area (Å²) < 4.78 is 0. The van der Waals surface area contributed by atoms with E-state index in [1.54, 1.807) is 30.3 Å². The van der Waals surface area contributed by atoms with Crippen molar-refractivity contribution in [1.82, 2.24) is 15.5 Å². The van der Waals surface area contributed by atoms with Crippen molar-refractivity contribution in [2.24, 2.45) is 0 Å². The summed E-state index contributed by atoms with van der Waals surface area (Å²) in [5, 5.41) is 21.2. The van der Waals surface area contributed by atoms with Crippen molar-refractivity contribution in [3.05, 3.63) is 92.5 Å². The second kappa shape index (κ2) is 14.7. The molecule has 0 heterocycles. The van der Waals surface area contributed by atoms with Gasteiger partial charge in [0.15, 0.2) is 0 Å². The molecule has 2 amide bonds. The van der Waals surface area contributed by atoms with E-state index in [2.05, 4.69) is 34.9 Å². The van der Waals surface area contributed by atoms with Crippen LogP contribution in [0.3, 0.4) is 0 Å². The van der Waals surface area contributed by atoms with Crippen LogP contribution in [0.2, 0.25) is 10.0 Å². The number of nitrogens with one attached hydrogen (secondary N) is 3. The fourth-order valence-corrected chi connectivity index (χ4v) is 4.60. The first kappa shape index (κ1) is 29.4. The number of amides is 2. The van der Waals surface area contributed by atoms with Gasteiger partial charge in [0, 0.05) is 40.3 Å². The number of urea groups is 1. The third-order valence-corrected chi connectivity index (χ3v) is 6.47. The number of nitro groups is 1. The third-order valence-electron chi connectivity index (χ3n) is 6.03. The van der Waals surface area contributed by atoms with Crippen LogP contribution in [0.1, 0.15) is 24.3 Å². The maximum Gasteiger partial charge on any atom is 0.319 e. The lowest BCUT2D eigenvalue weighted by atomic mass is 9.93. The summed E-state index contributed by atoms with van der Waals surface area (Å²) in [6.45, 7) is 3.17. The first-order valence-electron chi connectivity index (χ1n) is 12.4. The number of nitrogens with zero attached hydrogens (tertiary/aromatic N) is 2. The molecule has 3 aromatic carbocycles. The van der Waals surface area contributed by atoms with E-state index in [1.807, 2.05) is 30.3 Å². The summed E-state index contributed by atoms with van der Waals surface area (Å²) in [6.07, 6.45) is 1.87. The normalized spacial score (nSPS) is 11.8. The SMILES string of the molecule is CN(C)CCCNCCC(CNC(=O)Nc1cc(Cl)cc(Cl)c1)c1ccc(-c2cccc([N+](=O)[O-])c2)cc1. The fourth-order valence-electron chi connectivity index (χ4n) is 4.07. The van der Waals surface area contributed by atoms with Crippen LogP contribution >= 0.6 is 23.2 Å². The van der Waals surface area contributed by atoms with Gasteiger partial charge < -0.3 is 20.9 Å². The zero-order valence-electron chi connectivity index (χ0n) is 21.5. The highest BCUT2D eigenvalue weighted by molar-refractivity contribution is 6.35.